The van der Waals surface area contributed by atoms with Crippen LogP contribution in [0.1, 0.15) is 51.5 Å². The quantitative estimate of drug-likeness (QED) is 0.537. The first-order valence-electron chi connectivity index (χ1n) is 12.3. The van der Waals surface area contributed by atoms with Crippen LogP contribution >= 0.6 is 0 Å². The van der Waals surface area contributed by atoms with E-state index < -0.39 is 0 Å². The molecule has 6 nitrogen and oxygen atoms in total. The second-order valence-corrected chi connectivity index (χ2v) is 9.55. The average Bonchev–Trinajstić information content (AvgIpc) is 2.85. The number of pyridine rings is 1. The summed E-state index contributed by atoms with van der Waals surface area (Å²) in [5, 5.41) is 7.27. The lowest BCUT2D eigenvalue weighted by atomic mass is 9.91. The van der Waals surface area contributed by atoms with Crippen molar-refractivity contribution in [1.82, 2.24) is 20.3 Å². The zero-order valence-corrected chi connectivity index (χ0v) is 19.7. The van der Waals surface area contributed by atoms with Crippen molar-refractivity contribution < 1.29 is 0 Å². The summed E-state index contributed by atoms with van der Waals surface area (Å²) < 4.78 is 0. The Morgan fingerprint density at radius 2 is 1.70 bits per heavy atom. The molecule has 1 saturated carbocycles. The molecule has 0 atom stereocenters. The van der Waals surface area contributed by atoms with Gasteiger partial charge in [0.15, 0.2) is 0 Å². The highest BCUT2D eigenvalue weighted by atomic mass is 15.3. The molecule has 1 aliphatic carbocycles. The lowest BCUT2D eigenvalue weighted by molar-refractivity contribution is 0.335. The molecule has 1 fully saturated rings. The number of aryl methyl sites for hydroxylation is 1. The minimum absolute atomic E-state index is 0.432. The van der Waals surface area contributed by atoms with Crippen molar-refractivity contribution in [2.45, 2.75) is 70.5 Å². The van der Waals surface area contributed by atoms with Crippen LogP contribution in [-0.4, -0.2) is 39.6 Å². The fourth-order valence-electron chi connectivity index (χ4n) is 5.06. The van der Waals surface area contributed by atoms with Crippen molar-refractivity contribution in [3.8, 4) is 11.3 Å². The Morgan fingerprint density at radius 3 is 2.48 bits per heavy atom. The van der Waals surface area contributed by atoms with Gasteiger partial charge in [-0.2, -0.15) is 4.98 Å². The van der Waals surface area contributed by atoms with Crippen molar-refractivity contribution in [2.24, 2.45) is 0 Å². The van der Waals surface area contributed by atoms with Crippen molar-refractivity contribution in [3.63, 3.8) is 0 Å². The van der Waals surface area contributed by atoms with Crippen molar-refractivity contribution in [1.29, 1.82) is 0 Å². The summed E-state index contributed by atoms with van der Waals surface area (Å²) in [6.07, 6.45) is 8.70. The maximum atomic E-state index is 5.06. The summed E-state index contributed by atoms with van der Waals surface area (Å²) in [7, 11) is 0. The maximum Gasteiger partial charge on any atom is 0.224 e. The molecule has 0 spiro atoms. The number of fused-ring (bicyclic) bond motifs is 1. The van der Waals surface area contributed by atoms with Crippen LogP contribution in [0.5, 0.6) is 0 Å². The Bertz CT molecular complexity index is 1060. The number of benzene rings is 1. The van der Waals surface area contributed by atoms with Gasteiger partial charge in [-0.05, 0) is 56.2 Å². The summed E-state index contributed by atoms with van der Waals surface area (Å²) in [5.41, 5.74) is 3.42. The van der Waals surface area contributed by atoms with Crippen LogP contribution in [0.15, 0.2) is 54.7 Å². The highest BCUT2D eigenvalue weighted by molar-refractivity contribution is 5.68. The molecular formula is C27H34N6. The Hall–Kier alpha value is -2.99. The third kappa shape index (κ3) is 5.17. The lowest BCUT2D eigenvalue weighted by Crippen LogP contribution is -2.40. The van der Waals surface area contributed by atoms with Gasteiger partial charge < -0.3 is 15.5 Å². The van der Waals surface area contributed by atoms with Gasteiger partial charge >= 0.3 is 0 Å². The molecule has 0 amide bonds. The van der Waals surface area contributed by atoms with Crippen LogP contribution in [0.4, 0.5) is 17.6 Å². The van der Waals surface area contributed by atoms with Gasteiger partial charge in [-0.3, -0.25) is 0 Å². The van der Waals surface area contributed by atoms with E-state index >= 15 is 0 Å². The van der Waals surface area contributed by atoms with Gasteiger partial charge in [0.2, 0.25) is 5.95 Å². The molecule has 3 aromatic rings. The highest BCUT2D eigenvalue weighted by Crippen LogP contribution is 2.33. The zero-order valence-electron chi connectivity index (χ0n) is 19.7. The minimum Gasteiger partial charge on any atom is -0.351 e. The summed E-state index contributed by atoms with van der Waals surface area (Å²) in [6.45, 7) is 5.36. The number of nitrogens with one attached hydrogen (secondary N) is 2. The first kappa shape index (κ1) is 21.8. The third-order valence-electron chi connectivity index (χ3n) is 6.66. The molecule has 0 unspecified atom stereocenters. The van der Waals surface area contributed by atoms with E-state index in [0.717, 1.165) is 61.1 Å². The first-order chi connectivity index (χ1) is 16.2. The molecule has 2 aliphatic rings. The molecule has 3 heterocycles. The number of hydrogen-bond donors (Lipinski definition) is 2. The molecule has 1 aromatic carbocycles. The molecule has 2 N–H and O–H groups in total. The Labute approximate surface area is 196 Å². The van der Waals surface area contributed by atoms with Crippen LogP contribution < -0.4 is 15.5 Å². The molecule has 1 aliphatic heterocycles. The van der Waals surface area contributed by atoms with E-state index in [1.807, 2.05) is 18.3 Å². The Morgan fingerprint density at radius 1 is 0.909 bits per heavy atom. The van der Waals surface area contributed by atoms with Gasteiger partial charge in [0.25, 0.3) is 0 Å². The van der Waals surface area contributed by atoms with E-state index in [4.69, 9.17) is 9.97 Å². The fourth-order valence-corrected chi connectivity index (χ4v) is 5.06. The highest BCUT2D eigenvalue weighted by Gasteiger charge is 2.24. The SMILES string of the molecule is CC(C)N[C@H]1CC[C@H](Nc2nccc(N3CCCc4ccc(-c5ccccc5)nc43)n2)CC1. The van der Waals surface area contributed by atoms with Crippen LogP contribution in [0.2, 0.25) is 0 Å². The van der Waals surface area contributed by atoms with E-state index in [9.17, 15) is 0 Å². The lowest BCUT2D eigenvalue weighted by Gasteiger charge is -2.32. The molecule has 0 saturated heterocycles. The number of rotatable bonds is 6. The van der Waals surface area contributed by atoms with Crippen LogP contribution in [0, 0.1) is 0 Å². The smallest absolute Gasteiger partial charge is 0.224 e. The van der Waals surface area contributed by atoms with Crippen molar-refractivity contribution in [3.05, 3.63) is 60.3 Å². The predicted molar refractivity (Wildman–Crippen MR) is 135 cm³/mol. The van der Waals surface area contributed by atoms with E-state index in [1.54, 1.807) is 0 Å². The molecule has 6 heteroatoms. The number of aromatic nitrogens is 3. The van der Waals surface area contributed by atoms with Crippen LogP contribution in [-0.2, 0) is 6.42 Å². The van der Waals surface area contributed by atoms with Crippen molar-refractivity contribution >= 4 is 17.6 Å². The predicted octanol–water partition coefficient (Wildman–Crippen LogP) is 5.34. The normalized spacial score (nSPS) is 20.5. The van der Waals surface area contributed by atoms with Crippen LogP contribution in [0.3, 0.4) is 0 Å². The van der Waals surface area contributed by atoms with E-state index in [-0.39, 0.29) is 0 Å². The summed E-state index contributed by atoms with van der Waals surface area (Å²) in [5.74, 6) is 2.66. The third-order valence-corrected chi connectivity index (χ3v) is 6.66. The minimum atomic E-state index is 0.432. The van der Waals surface area contributed by atoms with Gasteiger partial charge in [-0.1, -0.05) is 50.2 Å². The summed E-state index contributed by atoms with van der Waals surface area (Å²) >= 11 is 0. The number of nitrogens with zero attached hydrogens (tertiary/aromatic N) is 4. The fraction of sp³-hybridized carbons (Fsp3) is 0.444. The standard InChI is InChI=1S/C27H34N6/c1-19(2)29-22-11-13-23(14-12-22)30-27-28-17-16-25(32-27)33-18-6-9-21-10-15-24(31-26(21)33)20-7-4-3-5-8-20/h3-5,7-8,10,15-17,19,22-23,29H,6,9,11-14,18H2,1-2H3,(H,28,30,32)/t22-,23-. The molecule has 33 heavy (non-hydrogen) atoms. The molecule has 0 bridgehead atoms. The van der Waals surface area contributed by atoms with Gasteiger partial charge in [0.1, 0.15) is 11.6 Å². The van der Waals surface area contributed by atoms with Gasteiger partial charge in [-0.25, -0.2) is 9.97 Å². The molecular weight excluding hydrogens is 408 g/mol. The topological polar surface area (TPSA) is 66.0 Å². The van der Waals surface area contributed by atoms with Crippen molar-refractivity contribution in [2.75, 3.05) is 16.8 Å². The number of hydrogen-bond acceptors (Lipinski definition) is 6. The largest absolute Gasteiger partial charge is 0.351 e. The summed E-state index contributed by atoms with van der Waals surface area (Å²) in [4.78, 5) is 16.7. The van der Waals surface area contributed by atoms with Gasteiger partial charge in [-0.15, -0.1) is 0 Å². The molecule has 172 valence electrons. The second-order valence-electron chi connectivity index (χ2n) is 9.55. The van der Waals surface area contributed by atoms with Crippen LogP contribution in [0.25, 0.3) is 11.3 Å². The Kier molecular flexibility index (Phi) is 6.53. The zero-order chi connectivity index (χ0) is 22.6. The maximum absolute atomic E-state index is 5.06. The first-order valence-corrected chi connectivity index (χ1v) is 12.3. The van der Waals surface area contributed by atoms with E-state index in [1.165, 1.54) is 18.4 Å². The average molecular weight is 443 g/mol. The summed E-state index contributed by atoms with van der Waals surface area (Å²) in [6, 6.07) is 18.3. The van der Waals surface area contributed by atoms with Gasteiger partial charge in [0, 0.05) is 36.4 Å². The second kappa shape index (κ2) is 9.87. The molecule has 2 aromatic heterocycles. The van der Waals surface area contributed by atoms with E-state index in [2.05, 4.69) is 70.8 Å². The van der Waals surface area contributed by atoms with E-state index in [0.29, 0.717) is 18.1 Å². The number of anilines is 3. The molecule has 5 rings (SSSR count). The Balaban J connectivity index is 1.33. The monoisotopic (exact) mass is 442 g/mol. The van der Waals surface area contributed by atoms with Gasteiger partial charge in [0.05, 0.1) is 5.69 Å². The molecule has 0 radical (unpaired) electrons.